The van der Waals surface area contributed by atoms with Gasteiger partial charge in [0.15, 0.2) is 0 Å². The molecular formula is C21H26N2O. The molecule has 1 N–H and O–H groups in total. The van der Waals surface area contributed by atoms with Gasteiger partial charge in [-0.15, -0.1) is 0 Å². The number of nitrogens with one attached hydrogen (secondary N) is 1. The zero-order chi connectivity index (χ0) is 17.3. The quantitative estimate of drug-likeness (QED) is 0.843. The van der Waals surface area contributed by atoms with Crippen molar-refractivity contribution in [2.75, 3.05) is 10.2 Å². The number of rotatable bonds is 2. The third-order valence-electron chi connectivity index (χ3n) is 4.56. The van der Waals surface area contributed by atoms with Gasteiger partial charge in [-0.1, -0.05) is 57.2 Å². The summed E-state index contributed by atoms with van der Waals surface area (Å²) in [5, 5.41) is 3.63. The van der Waals surface area contributed by atoms with Crippen molar-refractivity contribution in [3.05, 3.63) is 60.2 Å². The molecule has 3 nitrogen and oxygen atoms in total. The normalized spacial score (nSPS) is 20.4. The highest BCUT2D eigenvalue weighted by molar-refractivity contribution is 5.98. The van der Waals surface area contributed by atoms with Gasteiger partial charge < -0.3 is 10.2 Å². The Morgan fingerprint density at radius 1 is 1.04 bits per heavy atom. The van der Waals surface area contributed by atoms with E-state index in [1.165, 1.54) is 5.56 Å². The number of carbonyl (C=O) groups is 1. The summed E-state index contributed by atoms with van der Waals surface area (Å²) in [6.07, 6.45) is 0.897. The highest BCUT2D eigenvalue weighted by Crippen LogP contribution is 2.40. The third kappa shape index (κ3) is 3.16. The van der Waals surface area contributed by atoms with E-state index in [1.807, 2.05) is 56.0 Å². The number of nitrogens with zero attached hydrogens (tertiary/aromatic N) is 1. The molecule has 0 fully saturated rings. The fraction of sp³-hybridized carbons (Fsp3) is 0.381. The first kappa shape index (κ1) is 16.6. The summed E-state index contributed by atoms with van der Waals surface area (Å²) in [6.45, 7) is 8.09. The van der Waals surface area contributed by atoms with Crippen molar-refractivity contribution >= 4 is 17.3 Å². The first-order valence-corrected chi connectivity index (χ1v) is 8.62. The molecule has 1 heterocycles. The van der Waals surface area contributed by atoms with E-state index in [1.54, 1.807) is 0 Å². The van der Waals surface area contributed by atoms with Crippen LogP contribution in [0.3, 0.4) is 0 Å². The molecule has 2 aromatic carbocycles. The van der Waals surface area contributed by atoms with Crippen molar-refractivity contribution in [3.63, 3.8) is 0 Å². The molecule has 2 atom stereocenters. The van der Waals surface area contributed by atoms with Crippen LogP contribution in [0, 0.1) is 5.41 Å². The molecule has 0 aliphatic carbocycles. The van der Waals surface area contributed by atoms with Crippen LogP contribution in [0.15, 0.2) is 54.6 Å². The van der Waals surface area contributed by atoms with E-state index in [-0.39, 0.29) is 23.4 Å². The lowest BCUT2D eigenvalue weighted by Crippen LogP contribution is -2.48. The number of fused-ring (bicyclic) bond motifs is 1. The maximum atomic E-state index is 13.0. The van der Waals surface area contributed by atoms with Crippen molar-refractivity contribution in [1.29, 1.82) is 0 Å². The number of carbonyl (C=O) groups excluding carboxylic acids is 1. The van der Waals surface area contributed by atoms with Gasteiger partial charge in [0.05, 0.1) is 6.04 Å². The van der Waals surface area contributed by atoms with Gasteiger partial charge >= 0.3 is 0 Å². The van der Waals surface area contributed by atoms with E-state index >= 15 is 0 Å². The molecule has 0 aromatic heterocycles. The number of para-hydroxylation sites is 2. The van der Waals surface area contributed by atoms with E-state index in [2.05, 4.69) is 36.5 Å². The molecule has 126 valence electrons. The fourth-order valence-electron chi connectivity index (χ4n) is 3.36. The van der Waals surface area contributed by atoms with Gasteiger partial charge in [0.1, 0.15) is 0 Å². The van der Waals surface area contributed by atoms with Crippen LogP contribution < -0.4 is 10.2 Å². The average molecular weight is 322 g/mol. The van der Waals surface area contributed by atoms with Crippen LogP contribution in [-0.4, -0.2) is 11.9 Å². The predicted molar refractivity (Wildman–Crippen MR) is 100 cm³/mol. The Labute approximate surface area is 144 Å². The lowest BCUT2D eigenvalue weighted by atomic mass is 9.87. The zero-order valence-corrected chi connectivity index (χ0v) is 14.9. The Morgan fingerprint density at radius 2 is 1.67 bits per heavy atom. The molecule has 1 aliphatic rings. The lowest BCUT2D eigenvalue weighted by Gasteiger charge is -2.42. The molecule has 0 spiro atoms. The zero-order valence-electron chi connectivity index (χ0n) is 14.9. The van der Waals surface area contributed by atoms with E-state index in [0.29, 0.717) is 0 Å². The number of hydrogen-bond donors (Lipinski definition) is 1. The summed E-state index contributed by atoms with van der Waals surface area (Å²) < 4.78 is 0. The number of anilines is 2. The second-order valence-electron chi connectivity index (χ2n) is 7.63. The average Bonchev–Trinajstić information content (AvgIpc) is 2.55. The molecule has 0 radical (unpaired) electrons. The van der Waals surface area contributed by atoms with Gasteiger partial charge in [0.25, 0.3) is 0 Å². The van der Waals surface area contributed by atoms with Crippen molar-refractivity contribution in [2.45, 2.75) is 46.2 Å². The maximum Gasteiger partial charge on any atom is 0.232 e. The Hall–Kier alpha value is -2.29. The minimum Gasteiger partial charge on any atom is -0.378 e. The van der Waals surface area contributed by atoms with E-state index < -0.39 is 0 Å². The summed E-state index contributed by atoms with van der Waals surface area (Å²) in [5.41, 5.74) is 2.95. The van der Waals surface area contributed by atoms with Crippen molar-refractivity contribution in [3.8, 4) is 0 Å². The number of benzene rings is 2. The smallest absolute Gasteiger partial charge is 0.232 e. The van der Waals surface area contributed by atoms with E-state index in [0.717, 1.165) is 17.8 Å². The molecule has 0 unspecified atom stereocenters. The first-order chi connectivity index (χ1) is 11.4. The lowest BCUT2D eigenvalue weighted by molar-refractivity contribution is -0.126. The third-order valence-corrected chi connectivity index (χ3v) is 4.56. The van der Waals surface area contributed by atoms with Gasteiger partial charge in [-0.2, -0.15) is 0 Å². The van der Waals surface area contributed by atoms with Crippen LogP contribution >= 0.6 is 0 Å². The monoisotopic (exact) mass is 322 g/mol. The molecule has 0 saturated heterocycles. The van der Waals surface area contributed by atoms with Crippen LogP contribution in [0.5, 0.6) is 0 Å². The Kier molecular flexibility index (Phi) is 4.35. The molecular weight excluding hydrogens is 296 g/mol. The Bertz CT molecular complexity index is 718. The van der Waals surface area contributed by atoms with Crippen molar-refractivity contribution < 1.29 is 4.79 Å². The minimum atomic E-state index is -0.388. The Morgan fingerprint density at radius 3 is 2.33 bits per heavy atom. The predicted octanol–water partition coefficient (Wildman–Crippen LogP) is 5.01. The van der Waals surface area contributed by atoms with E-state index in [9.17, 15) is 4.79 Å². The topological polar surface area (TPSA) is 32.3 Å². The van der Waals surface area contributed by atoms with Crippen LogP contribution in [0.25, 0.3) is 0 Å². The molecule has 24 heavy (non-hydrogen) atoms. The molecule has 0 bridgehead atoms. The van der Waals surface area contributed by atoms with Crippen molar-refractivity contribution in [2.24, 2.45) is 5.41 Å². The standard InChI is InChI=1S/C21H26N2O/c1-15-14-18(22-16-10-6-5-7-11-16)17-12-8-9-13-19(17)23(15)20(24)21(2,3)4/h5-13,15,18,22H,14H2,1-4H3/t15-,18+/m1/s1. The second kappa shape index (κ2) is 6.31. The summed E-state index contributed by atoms with van der Waals surface area (Å²) in [6, 6.07) is 18.9. The van der Waals surface area contributed by atoms with Crippen LogP contribution in [0.4, 0.5) is 11.4 Å². The van der Waals surface area contributed by atoms with Gasteiger partial charge in [0, 0.05) is 22.8 Å². The summed E-state index contributed by atoms with van der Waals surface area (Å²) in [7, 11) is 0. The first-order valence-electron chi connectivity index (χ1n) is 8.62. The molecule has 2 aromatic rings. The molecule has 1 aliphatic heterocycles. The number of hydrogen-bond acceptors (Lipinski definition) is 2. The van der Waals surface area contributed by atoms with Crippen LogP contribution in [-0.2, 0) is 4.79 Å². The number of amides is 1. The van der Waals surface area contributed by atoms with Crippen molar-refractivity contribution in [1.82, 2.24) is 0 Å². The fourth-order valence-corrected chi connectivity index (χ4v) is 3.36. The minimum absolute atomic E-state index is 0.160. The molecule has 3 rings (SSSR count). The van der Waals surface area contributed by atoms with E-state index in [4.69, 9.17) is 0 Å². The highest BCUT2D eigenvalue weighted by atomic mass is 16.2. The Balaban J connectivity index is 1.97. The summed E-state index contributed by atoms with van der Waals surface area (Å²) in [5.74, 6) is 0.181. The summed E-state index contributed by atoms with van der Waals surface area (Å²) in [4.78, 5) is 14.9. The highest BCUT2D eigenvalue weighted by Gasteiger charge is 2.37. The maximum absolute atomic E-state index is 13.0. The largest absolute Gasteiger partial charge is 0.378 e. The SMILES string of the molecule is C[C@@H]1C[C@H](Nc2ccccc2)c2ccccc2N1C(=O)C(C)(C)C. The van der Waals surface area contributed by atoms with Crippen LogP contribution in [0.2, 0.25) is 0 Å². The molecule has 3 heteroatoms. The molecule has 1 amide bonds. The molecule has 0 saturated carbocycles. The van der Waals surface area contributed by atoms with Gasteiger partial charge in [-0.25, -0.2) is 0 Å². The van der Waals surface area contributed by atoms with Gasteiger partial charge in [0.2, 0.25) is 5.91 Å². The van der Waals surface area contributed by atoms with Gasteiger partial charge in [-0.05, 0) is 37.1 Å². The second-order valence-corrected chi connectivity index (χ2v) is 7.63. The van der Waals surface area contributed by atoms with Gasteiger partial charge in [-0.3, -0.25) is 4.79 Å². The van der Waals surface area contributed by atoms with Crippen LogP contribution in [0.1, 0.15) is 45.7 Å². The summed E-state index contributed by atoms with van der Waals surface area (Å²) >= 11 is 0.